The number of methoxy groups -OCH3 is 1. The minimum Gasteiger partial charge on any atom is -0.496 e. The van der Waals surface area contributed by atoms with Gasteiger partial charge >= 0.3 is 6.03 Å². The molecule has 104 valence electrons. The number of ether oxygens (including phenoxy) is 1. The fraction of sp³-hybridized carbons (Fsp3) is 0.533. The molecule has 2 amide bonds. The summed E-state index contributed by atoms with van der Waals surface area (Å²) in [5.74, 6) is 0.899. The van der Waals surface area contributed by atoms with Crippen molar-refractivity contribution in [3.05, 3.63) is 29.3 Å². The number of amides is 2. The molecule has 1 heterocycles. The molecule has 0 aliphatic carbocycles. The van der Waals surface area contributed by atoms with Crippen molar-refractivity contribution < 1.29 is 9.53 Å². The Kier molecular flexibility index (Phi) is 3.43. The molecule has 0 aromatic heterocycles. The number of rotatable bonds is 2. The minimum absolute atomic E-state index is 0.00989. The lowest BCUT2D eigenvalue weighted by Gasteiger charge is -2.25. The van der Waals surface area contributed by atoms with Gasteiger partial charge < -0.3 is 15.0 Å². The highest BCUT2D eigenvalue weighted by Crippen LogP contribution is 2.34. The first-order valence-electron chi connectivity index (χ1n) is 6.53. The molecule has 0 bridgehead atoms. The van der Waals surface area contributed by atoms with Crippen molar-refractivity contribution in [2.24, 2.45) is 0 Å². The van der Waals surface area contributed by atoms with Crippen molar-refractivity contribution >= 4 is 6.03 Å². The fourth-order valence-corrected chi connectivity index (χ4v) is 2.45. The molecule has 1 N–H and O–H groups in total. The van der Waals surface area contributed by atoms with Gasteiger partial charge in [0, 0.05) is 13.6 Å². The topological polar surface area (TPSA) is 41.6 Å². The average molecular weight is 262 g/mol. The van der Waals surface area contributed by atoms with Gasteiger partial charge in [-0.05, 0) is 28.7 Å². The molecule has 2 rings (SSSR count). The molecule has 1 atom stereocenters. The zero-order valence-corrected chi connectivity index (χ0v) is 12.3. The molecule has 0 radical (unpaired) electrons. The fourth-order valence-electron chi connectivity index (χ4n) is 2.45. The normalized spacial score (nSPS) is 19.5. The van der Waals surface area contributed by atoms with Crippen LogP contribution in [-0.2, 0) is 5.41 Å². The van der Waals surface area contributed by atoms with Gasteiger partial charge in [0.25, 0.3) is 0 Å². The number of carbonyl (C=O) groups is 1. The molecule has 0 saturated carbocycles. The number of likely N-dealkylation sites (N-methyl/N-ethyl adjacent to an activating group) is 1. The summed E-state index contributed by atoms with van der Waals surface area (Å²) in [6.45, 7) is 7.15. The van der Waals surface area contributed by atoms with E-state index in [4.69, 9.17) is 4.74 Å². The van der Waals surface area contributed by atoms with Crippen molar-refractivity contribution in [3.8, 4) is 5.75 Å². The SMILES string of the molecule is COc1ccc(C2CNC(=O)N2C)cc1C(C)(C)C. The average Bonchev–Trinajstić information content (AvgIpc) is 2.68. The summed E-state index contributed by atoms with van der Waals surface area (Å²) in [6.07, 6.45) is 0. The van der Waals surface area contributed by atoms with E-state index in [0.29, 0.717) is 6.54 Å². The number of carbonyl (C=O) groups excluding carboxylic acids is 1. The molecule has 1 saturated heterocycles. The Balaban J connectivity index is 2.41. The smallest absolute Gasteiger partial charge is 0.317 e. The van der Waals surface area contributed by atoms with E-state index >= 15 is 0 Å². The summed E-state index contributed by atoms with van der Waals surface area (Å²) in [6, 6.07) is 6.26. The molecule has 1 aliphatic heterocycles. The van der Waals surface area contributed by atoms with Crippen LogP contribution in [0.3, 0.4) is 0 Å². The molecule has 4 heteroatoms. The van der Waals surface area contributed by atoms with Gasteiger partial charge in [-0.15, -0.1) is 0 Å². The Labute approximate surface area is 114 Å². The maximum atomic E-state index is 11.6. The van der Waals surface area contributed by atoms with Crippen LogP contribution >= 0.6 is 0 Å². The molecule has 1 aromatic rings. The van der Waals surface area contributed by atoms with Gasteiger partial charge in [0.05, 0.1) is 13.2 Å². The van der Waals surface area contributed by atoms with Gasteiger partial charge in [-0.2, -0.15) is 0 Å². The number of hydrogen-bond donors (Lipinski definition) is 1. The van der Waals surface area contributed by atoms with Gasteiger partial charge in [-0.25, -0.2) is 4.79 Å². The summed E-state index contributed by atoms with van der Waals surface area (Å²) < 4.78 is 5.44. The van der Waals surface area contributed by atoms with Gasteiger partial charge in [0.15, 0.2) is 0 Å². The van der Waals surface area contributed by atoms with Crippen molar-refractivity contribution in [2.75, 3.05) is 20.7 Å². The first-order chi connectivity index (χ1) is 8.84. The number of nitrogens with zero attached hydrogens (tertiary/aromatic N) is 1. The molecule has 4 nitrogen and oxygen atoms in total. The van der Waals surface area contributed by atoms with Gasteiger partial charge in [0.1, 0.15) is 5.75 Å². The van der Waals surface area contributed by atoms with Crippen molar-refractivity contribution in [1.82, 2.24) is 10.2 Å². The first kappa shape index (κ1) is 13.7. The summed E-state index contributed by atoms with van der Waals surface area (Å²) in [5, 5.41) is 2.86. The second kappa shape index (κ2) is 4.76. The quantitative estimate of drug-likeness (QED) is 0.890. The zero-order valence-electron chi connectivity index (χ0n) is 12.3. The third kappa shape index (κ3) is 2.53. The number of hydrogen-bond acceptors (Lipinski definition) is 2. The Morgan fingerprint density at radius 1 is 1.37 bits per heavy atom. The van der Waals surface area contributed by atoms with Crippen LogP contribution in [0.5, 0.6) is 5.75 Å². The van der Waals surface area contributed by atoms with E-state index in [1.807, 2.05) is 19.2 Å². The van der Waals surface area contributed by atoms with Crippen LogP contribution < -0.4 is 10.1 Å². The highest BCUT2D eigenvalue weighted by Gasteiger charge is 2.30. The molecular weight excluding hydrogens is 240 g/mol. The zero-order chi connectivity index (χ0) is 14.2. The van der Waals surface area contributed by atoms with Gasteiger partial charge in [-0.3, -0.25) is 0 Å². The van der Waals surface area contributed by atoms with Crippen LogP contribution in [0.15, 0.2) is 18.2 Å². The predicted octanol–water partition coefficient (Wildman–Crippen LogP) is 2.69. The van der Waals surface area contributed by atoms with Crippen LogP contribution in [0.4, 0.5) is 4.79 Å². The van der Waals surface area contributed by atoms with E-state index in [-0.39, 0.29) is 17.5 Å². The third-order valence-electron chi connectivity index (χ3n) is 3.65. The minimum atomic E-state index is -0.0156. The van der Waals surface area contributed by atoms with Crippen molar-refractivity contribution in [2.45, 2.75) is 32.2 Å². The summed E-state index contributed by atoms with van der Waals surface area (Å²) in [7, 11) is 3.52. The molecule has 0 spiro atoms. The summed E-state index contributed by atoms with van der Waals surface area (Å²) >= 11 is 0. The van der Waals surface area contributed by atoms with Gasteiger partial charge in [-0.1, -0.05) is 26.8 Å². The van der Waals surface area contributed by atoms with E-state index in [2.05, 4.69) is 32.2 Å². The first-order valence-corrected chi connectivity index (χ1v) is 6.53. The number of nitrogens with one attached hydrogen (secondary N) is 1. The number of urea groups is 1. The van der Waals surface area contributed by atoms with E-state index in [1.165, 1.54) is 5.56 Å². The maximum absolute atomic E-state index is 11.6. The largest absolute Gasteiger partial charge is 0.496 e. The number of benzene rings is 1. The highest BCUT2D eigenvalue weighted by atomic mass is 16.5. The molecule has 1 aromatic carbocycles. The molecule has 1 aliphatic rings. The summed E-state index contributed by atoms with van der Waals surface area (Å²) in [5.41, 5.74) is 2.32. The van der Waals surface area contributed by atoms with Crippen LogP contribution in [0.25, 0.3) is 0 Å². The van der Waals surface area contributed by atoms with Crippen LogP contribution in [-0.4, -0.2) is 31.6 Å². The summed E-state index contributed by atoms with van der Waals surface area (Å²) in [4.78, 5) is 13.3. The highest BCUT2D eigenvalue weighted by molar-refractivity contribution is 5.77. The van der Waals surface area contributed by atoms with E-state index in [1.54, 1.807) is 12.0 Å². The maximum Gasteiger partial charge on any atom is 0.317 e. The van der Waals surface area contributed by atoms with Crippen LogP contribution in [0.2, 0.25) is 0 Å². The second-order valence-corrected chi connectivity index (χ2v) is 6.02. The second-order valence-electron chi connectivity index (χ2n) is 6.02. The Morgan fingerprint density at radius 2 is 2.05 bits per heavy atom. The predicted molar refractivity (Wildman–Crippen MR) is 75.6 cm³/mol. The Hall–Kier alpha value is -1.71. The lowest BCUT2D eigenvalue weighted by molar-refractivity contribution is 0.216. The lowest BCUT2D eigenvalue weighted by atomic mass is 9.84. The van der Waals surface area contributed by atoms with E-state index in [9.17, 15) is 4.79 Å². The van der Waals surface area contributed by atoms with Crippen molar-refractivity contribution in [3.63, 3.8) is 0 Å². The molecule has 19 heavy (non-hydrogen) atoms. The standard InChI is InChI=1S/C15H22N2O2/c1-15(2,3)11-8-10(6-7-13(11)19-5)12-9-16-14(18)17(12)4/h6-8,12H,9H2,1-5H3,(H,16,18). The monoisotopic (exact) mass is 262 g/mol. The van der Waals surface area contributed by atoms with E-state index < -0.39 is 0 Å². The Bertz CT molecular complexity index is 491. The third-order valence-corrected chi connectivity index (χ3v) is 3.65. The van der Waals surface area contributed by atoms with Crippen molar-refractivity contribution in [1.29, 1.82) is 0 Å². The van der Waals surface area contributed by atoms with Crippen LogP contribution in [0.1, 0.15) is 37.9 Å². The lowest BCUT2D eigenvalue weighted by Crippen LogP contribution is -2.25. The Morgan fingerprint density at radius 3 is 2.53 bits per heavy atom. The molecular formula is C15H22N2O2. The van der Waals surface area contributed by atoms with Crippen LogP contribution in [0, 0.1) is 0 Å². The molecule has 1 fully saturated rings. The van der Waals surface area contributed by atoms with Gasteiger partial charge in [0.2, 0.25) is 0 Å². The molecule has 1 unspecified atom stereocenters. The van der Waals surface area contributed by atoms with E-state index in [0.717, 1.165) is 11.3 Å².